The van der Waals surface area contributed by atoms with E-state index in [4.69, 9.17) is 9.47 Å². The fourth-order valence-electron chi connectivity index (χ4n) is 2.53. The second kappa shape index (κ2) is 7.76. The number of nitrogens with one attached hydrogen (secondary N) is 1. The molecule has 1 aromatic heterocycles. The van der Waals surface area contributed by atoms with E-state index in [1.165, 1.54) is 18.4 Å². The van der Waals surface area contributed by atoms with Crippen LogP contribution in [0.3, 0.4) is 0 Å². The van der Waals surface area contributed by atoms with Crippen molar-refractivity contribution in [1.29, 1.82) is 0 Å². The molecule has 0 spiro atoms. The Kier molecular flexibility index (Phi) is 6.01. The Morgan fingerprint density at radius 2 is 2.25 bits per heavy atom. The van der Waals surface area contributed by atoms with Crippen LogP contribution in [0.5, 0.6) is 0 Å². The van der Waals surface area contributed by atoms with Crippen LogP contribution in [0.1, 0.15) is 36.2 Å². The van der Waals surface area contributed by atoms with Gasteiger partial charge in [-0.1, -0.05) is 0 Å². The van der Waals surface area contributed by atoms with Crippen LogP contribution in [0.15, 0.2) is 0 Å². The number of rotatable bonds is 7. The lowest BCUT2D eigenvalue weighted by Crippen LogP contribution is -2.28. The molecule has 1 saturated heterocycles. The average molecular weight is 281 g/mol. The molecule has 1 fully saturated rings. The van der Waals surface area contributed by atoms with Crippen LogP contribution < -0.4 is 0 Å². The minimum absolute atomic E-state index is 0.312. The fourth-order valence-corrected chi connectivity index (χ4v) is 2.53. The monoisotopic (exact) mass is 281 g/mol. The standard InChI is InChI=1S/C15H27N3O2/c1-12-15(13(2)17-16-12)10-18(3)7-9-19-11-14-6-4-5-8-20-14/h14H,4-11H2,1-3H3,(H,16,17)/t14-/m1/s1. The van der Waals surface area contributed by atoms with Gasteiger partial charge in [-0.2, -0.15) is 5.10 Å². The van der Waals surface area contributed by atoms with Crippen molar-refractivity contribution in [1.82, 2.24) is 15.1 Å². The molecule has 1 N–H and O–H groups in total. The van der Waals surface area contributed by atoms with Crippen LogP contribution >= 0.6 is 0 Å². The number of hydrogen-bond donors (Lipinski definition) is 1. The zero-order chi connectivity index (χ0) is 14.4. The summed E-state index contributed by atoms with van der Waals surface area (Å²) in [7, 11) is 2.12. The highest BCUT2D eigenvalue weighted by atomic mass is 16.5. The highest BCUT2D eigenvalue weighted by molar-refractivity contribution is 5.22. The van der Waals surface area contributed by atoms with Gasteiger partial charge in [-0.05, 0) is 40.2 Å². The van der Waals surface area contributed by atoms with Crippen LogP contribution in [0.2, 0.25) is 0 Å². The van der Waals surface area contributed by atoms with Gasteiger partial charge >= 0.3 is 0 Å². The van der Waals surface area contributed by atoms with Gasteiger partial charge in [0.05, 0.1) is 25.0 Å². The summed E-state index contributed by atoms with van der Waals surface area (Å²) in [6, 6.07) is 0. The topological polar surface area (TPSA) is 50.4 Å². The average Bonchev–Trinajstić information content (AvgIpc) is 2.77. The molecule has 1 aromatic rings. The molecule has 0 amide bonds. The van der Waals surface area contributed by atoms with Crippen molar-refractivity contribution < 1.29 is 9.47 Å². The summed E-state index contributed by atoms with van der Waals surface area (Å²) >= 11 is 0. The van der Waals surface area contributed by atoms with E-state index < -0.39 is 0 Å². The van der Waals surface area contributed by atoms with Crippen LogP contribution in [0.4, 0.5) is 0 Å². The third-order valence-electron chi connectivity index (χ3n) is 3.90. The van der Waals surface area contributed by atoms with Gasteiger partial charge in [-0.15, -0.1) is 0 Å². The first-order valence-corrected chi connectivity index (χ1v) is 7.55. The van der Waals surface area contributed by atoms with Gasteiger partial charge in [-0.25, -0.2) is 0 Å². The number of H-pyrrole nitrogens is 1. The Balaban J connectivity index is 1.61. The maximum atomic E-state index is 5.73. The van der Waals surface area contributed by atoms with E-state index in [1.54, 1.807) is 0 Å². The Hall–Kier alpha value is -0.910. The van der Waals surface area contributed by atoms with Gasteiger partial charge in [0, 0.05) is 31.0 Å². The third kappa shape index (κ3) is 4.58. The van der Waals surface area contributed by atoms with Crippen molar-refractivity contribution in [2.75, 3.05) is 33.4 Å². The Bertz CT molecular complexity index is 380. The Labute approximate surface area is 121 Å². The largest absolute Gasteiger partial charge is 0.377 e. The van der Waals surface area contributed by atoms with Crippen molar-refractivity contribution in [3.8, 4) is 0 Å². The maximum absolute atomic E-state index is 5.73. The highest BCUT2D eigenvalue weighted by Gasteiger charge is 2.14. The minimum atomic E-state index is 0.312. The van der Waals surface area contributed by atoms with Crippen LogP contribution in [-0.4, -0.2) is 54.6 Å². The molecule has 0 saturated carbocycles. The second-order valence-corrected chi connectivity index (χ2v) is 5.71. The number of nitrogens with zero attached hydrogens (tertiary/aromatic N) is 2. The van der Waals surface area contributed by atoms with Gasteiger partial charge in [-0.3, -0.25) is 10.00 Å². The Morgan fingerprint density at radius 1 is 1.40 bits per heavy atom. The minimum Gasteiger partial charge on any atom is -0.377 e. The molecule has 0 aromatic carbocycles. The zero-order valence-electron chi connectivity index (χ0n) is 12.9. The number of aryl methyl sites for hydroxylation is 2. The zero-order valence-corrected chi connectivity index (χ0v) is 12.9. The van der Waals surface area contributed by atoms with Crippen LogP contribution in [0.25, 0.3) is 0 Å². The number of likely N-dealkylation sites (N-methyl/N-ethyl adjacent to an activating group) is 1. The van der Waals surface area contributed by atoms with E-state index in [9.17, 15) is 0 Å². The van der Waals surface area contributed by atoms with Crippen molar-refractivity contribution in [3.05, 3.63) is 17.0 Å². The molecule has 0 radical (unpaired) electrons. The van der Waals surface area contributed by atoms with Gasteiger partial charge in [0.25, 0.3) is 0 Å². The molecule has 2 heterocycles. The van der Waals surface area contributed by atoms with Crippen molar-refractivity contribution in [2.45, 2.75) is 45.8 Å². The van der Waals surface area contributed by atoms with Crippen LogP contribution in [0, 0.1) is 13.8 Å². The normalized spacial score (nSPS) is 19.7. The predicted molar refractivity (Wildman–Crippen MR) is 78.8 cm³/mol. The fraction of sp³-hybridized carbons (Fsp3) is 0.800. The maximum Gasteiger partial charge on any atom is 0.0808 e. The molecule has 1 aliphatic heterocycles. The molecule has 5 heteroatoms. The molecular formula is C15H27N3O2. The number of aromatic amines is 1. The van der Waals surface area contributed by atoms with Gasteiger partial charge in [0.15, 0.2) is 0 Å². The summed E-state index contributed by atoms with van der Waals surface area (Å²) in [5, 5.41) is 7.26. The van der Waals surface area contributed by atoms with E-state index in [2.05, 4.69) is 29.1 Å². The summed E-state index contributed by atoms with van der Waals surface area (Å²) in [4.78, 5) is 2.27. The van der Waals surface area contributed by atoms with E-state index in [0.29, 0.717) is 6.10 Å². The summed E-state index contributed by atoms with van der Waals surface area (Å²) in [6.45, 7) is 8.34. The first-order chi connectivity index (χ1) is 9.66. The highest BCUT2D eigenvalue weighted by Crippen LogP contribution is 2.13. The first-order valence-electron chi connectivity index (χ1n) is 7.55. The molecule has 0 aliphatic carbocycles. The second-order valence-electron chi connectivity index (χ2n) is 5.71. The molecular weight excluding hydrogens is 254 g/mol. The lowest BCUT2D eigenvalue weighted by Gasteiger charge is -2.23. The third-order valence-corrected chi connectivity index (χ3v) is 3.90. The summed E-state index contributed by atoms with van der Waals surface area (Å²) in [5.41, 5.74) is 3.54. The number of ether oxygens (including phenoxy) is 2. The molecule has 114 valence electrons. The van der Waals surface area contributed by atoms with Crippen molar-refractivity contribution >= 4 is 0 Å². The lowest BCUT2D eigenvalue weighted by atomic mass is 10.1. The Morgan fingerprint density at radius 3 is 2.90 bits per heavy atom. The van der Waals surface area contributed by atoms with Crippen molar-refractivity contribution in [3.63, 3.8) is 0 Å². The molecule has 0 unspecified atom stereocenters. The van der Waals surface area contributed by atoms with E-state index >= 15 is 0 Å². The number of hydrogen-bond acceptors (Lipinski definition) is 4. The molecule has 1 atom stereocenters. The van der Waals surface area contributed by atoms with E-state index in [0.717, 1.165) is 50.7 Å². The van der Waals surface area contributed by atoms with Gasteiger partial charge in [0.2, 0.25) is 0 Å². The summed E-state index contributed by atoms with van der Waals surface area (Å²) in [5.74, 6) is 0. The van der Waals surface area contributed by atoms with E-state index in [1.807, 2.05) is 6.92 Å². The van der Waals surface area contributed by atoms with E-state index in [-0.39, 0.29) is 0 Å². The lowest BCUT2D eigenvalue weighted by molar-refractivity contribution is -0.0429. The summed E-state index contributed by atoms with van der Waals surface area (Å²) in [6.07, 6.45) is 3.92. The molecule has 20 heavy (non-hydrogen) atoms. The first kappa shape index (κ1) is 15.5. The predicted octanol–water partition coefficient (Wildman–Crippen LogP) is 2.04. The quantitative estimate of drug-likeness (QED) is 0.777. The SMILES string of the molecule is Cc1n[nH]c(C)c1CN(C)CCOC[C@H]1CCCCO1. The van der Waals surface area contributed by atoms with Crippen LogP contribution in [-0.2, 0) is 16.0 Å². The molecule has 5 nitrogen and oxygen atoms in total. The molecule has 2 rings (SSSR count). The van der Waals surface area contributed by atoms with Gasteiger partial charge < -0.3 is 9.47 Å². The number of aromatic nitrogens is 2. The molecule has 0 bridgehead atoms. The molecule has 1 aliphatic rings. The smallest absolute Gasteiger partial charge is 0.0808 e. The van der Waals surface area contributed by atoms with Crippen molar-refractivity contribution in [2.24, 2.45) is 0 Å². The summed E-state index contributed by atoms with van der Waals surface area (Å²) < 4.78 is 11.4. The van der Waals surface area contributed by atoms with Gasteiger partial charge in [0.1, 0.15) is 0 Å².